The second kappa shape index (κ2) is 15.5. The Bertz CT molecular complexity index is 1250. The van der Waals surface area contributed by atoms with E-state index in [0.29, 0.717) is 30.6 Å². The molecule has 0 spiro atoms. The van der Waals surface area contributed by atoms with E-state index in [2.05, 4.69) is 22.1 Å². The Morgan fingerprint density at radius 1 is 0.560 bits per heavy atom. The highest BCUT2D eigenvalue weighted by molar-refractivity contribution is 5.32. The number of benzene rings is 1. The lowest BCUT2D eigenvalue weighted by molar-refractivity contribution is -0.439. The molecule has 4 aliphatic carbocycles. The Hall–Kier alpha value is -2.09. The highest BCUT2D eigenvalue weighted by Crippen LogP contribution is 2.49. The van der Waals surface area contributed by atoms with Crippen molar-refractivity contribution >= 4 is 0 Å². The average molecular weight is 735 g/mol. The van der Waals surface area contributed by atoms with Crippen LogP contribution >= 0.6 is 0 Å². The highest BCUT2D eigenvalue weighted by atomic mass is 19.4. The quantitative estimate of drug-likeness (QED) is 0.167. The second-order valence-corrected chi connectivity index (χ2v) is 14.8. The molecule has 4 saturated carbocycles. The Labute approximate surface area is 285 Å². The highest BCUT2D eigenvalue weighted by Gasteiger charge is 2.52. The fraction of sp³-hybridized carbons (Fsp3) is 0.778. The van der Waals surface area contributed by atoms with E-state index in [1.165, 1.54) is 25.7 Å². The predicted molar refractivity (Wildman–Crippen MR) is 161 cm³/mol. The first-order valence-electron chi connectivity index (χ1n) is 17.8. The fourth-order valence-corrected chi connectivity index (χ4v) is 9.02. The van der Waals surface area contributed by atoms with Crippen molar-refractivity contribution in [3.63, 3.8) is 0 Å². The number of halogens is 11. The largest absolute Gasteiger partial charge is 0.527 e. The van der Waals surface area contributed by atoms with Gasteiger partial charge in [-0.25, -0.2) is 13.5 Å². The van der Waals surface area contributed by atoms with Gasteiger partial charge < -0.3 is 9.47 Å². The van der Waals surface area contributed by atoms with Crippen LogP contribution in [0.15, 0.2) is 24.8 Å². The summed E-state index contributed by atoms with van der Waals surface area (Å²) in [6.45, 7) is 3.92. The summed E-state index contributed by atoms with van der Waals surface area (Å²) in [5, 5.41) is 0. The van der Waals surface area contributed by atoms with Crippen molar-refractivity contribution in [1.29, 1.82) is 0 Å². The Morgan fingerprint density at radius 3 is 1.40 bits per heavy atom. The molecule has 4 fully saturated rings. The molecule has 3 nitrogen and oxygen atoms in total. The Balaban J connectivity index is 1.10. The number of hydrogen-bond donors (Lipinski definition) is 0. The van der Waals surface area contributed by atoms with Crippen LogP contribution in [0, 0.1) is 53.1 Å². The zero-order valence-corrected chi connectivity index (χ0v) is 27.8. The van der Waals surface area contributed by atoms with Gasteiger partial charge in [-0.1, -0.05) is 6.08 Å². The minimum absolute atomic E-state index is 0.147. The van der Waals surface area contributed by atoms with Gasteiger partial charge in [0, 0.05) is 12.1 Å². The number of ether oxygens (including phenoxy) is 3. The first-order chi connectivity index (χ1) is 23.4. The summed E-state index contributed by atoms with van der Waals surface area (Å²) < 4.78 is 166. The molecule has 0 amide bonds. The van der Waals surface area contributed by atoms with E-state index >= 15 is 8.78 Å². The first kappa shape index (κ1) is 39.1. The molecule has 0 unspecified atom stereocenters. The zero-order valence-electron chi connectivity index (χ0n) is 27.8. The molecule has 0 atom stereocenters. The van der Waals surface area contributed by atoms with E-state index in [9.17, 15) is 39.5 Å². The van der Waals surface area contributed by atoms with Crippen molar-refractivity contribution in [2.75, 3.05) is 0 Å². The first-order valence-corrected chi connectivity index (χ1v) is 17.8. The van der Waals surface area contributed by atoms with Crippen LogP contribution in [0.4, 0.5) is 48.3 Å². The van der Waals surface area contributed by atoms with Crippen LogP contribution in [0.2, 0.25) is 0 Å². The van der Waals surface area contributed by atoms with Gasteiger partial charge in [-0.05, 0) is 132 Å². The molecule has 0 radical (unpaired) electrons. The van der Waals surface area contributed by atoms with Crippen molar-refractivity contribution < 1.29 is 62.5 Å². The predicted octanol–water partition coefficient (Wildman–Crippen LogP) is 12.3. The van der Waals surface area contributed by atoms with Gasteiger partial charge in [0.25, 0.3) is 0 Å². The third-order valence-electron chi connectivity index (χ3n) is 11.8. The van der Waals surface area contributed by atoms with E-state index in [1.54, 1.807) is 0 Å². The molecule has 1 aromatic rings. The van der Waals surface area contributed by atoms with Gasteiger partial charge in [0.1, 0.15) is 22.9 Å². The molecule has 1 aromatic carbocycles. The molecule has 0 heterocycles. The van der Waals surface area contributed by atoms with E-state index in [-0.39, 0.29) is 25.0 Å². The molecule has 0 aliphatic heterocycles. The standard InChI is InChI=1S/C36H45F11O3/c1-2-21-3-5-22(6-4-21)23-7-9-24(10-8-23)25-11-13-26(14-12-25)33(39,40)49-29-19-30(37)32(31(38)20-29)35(43,44)48-28-17-15-27(16-18-28)34(41,42)50-36(45,46)47/h2,19-28H,1,3-18H2. The van der Waals surface area contributed by atoms with Gasteiger partial charge in [0.2, 0.25) is 0 Å². The lowest BCUT2D eigenvalue weighted by Gasteiger charge is -2.41. The van der Waals surface area contributed by atoms with Crippen molar-refractivity contribution in [3.8, 4) is 5.75 Å². The second-order valence-electron chi connectivity index (χ2n) is 14.8. The van der Waals surface area contributed by atoms with Crippen LogP contribution < -0.4 is 4.74 Å². The lowest BCUT2D eigenvalue weighted by atomic mass is 9.65. The van der Waals surface area contributed by atoms with Crippen molar-refractivity contribution in [3.05, 3.63) is 42.0 Å². The summed E-state index contributed by atoms with van der Waals surface area (Å²) in [5.41, 5.74) is -1.89. The van der Waals surface area contributed by atoms with Gasteiger partial charge in [0.05, 0.1) is 17.9 Å². The summed E-state index contributed by atoms with van der Waals surface area (Å²) in [7, 11) is 0. The van der Waals surface area contributed by atoms with Gasteiger partial charge in [-0.3, -0.25) is 0 Å². The molecule has 0 N–H and O–H groups in total. The molecular formula is C36H45F11O3. The van der Waals surface area contributed by atoms with Crippen LogP contribution in [0.25, 0.3) is 0 Å². The summed E-state index contributed by atoms with van der Waals surface area (Å²) in [6, 6.07) is 0.424. The van der Waals surface area contributed by atoms with Crippen molar-refractivity contribution in [1.82, 2.24) is 0 Å². The maximum absolute atomic E-state index is 15.2. The molecule has 0 aromatic heterocycles. The van der Waals surface area contributed by atoms with Gasteiger partial charge in [-0.2, -0.15) is 26.3 Å². The van der Waals surface area contributed by atoms with Crippen LogP contribution in [-0.2, 0) is 15.6 Å². The van der Waals surface area contributed by atoms with Gasteiger partial charge in [-0.15, -0.1) is 19.8 Å². The molecule has 4 aliphatic rings. The van der Waals surface area contributed by atoms with E-state index in [0.717, 1.165) is 37.5 Å². The fourth-order valence-electron chi connectivity index (χ4n) is 9.02. The minimum atomic E-state index is -5.62. The Morgan fingerprint density at radius 2 is 0.960 bits per heavy atom. The third kappa shape index (κ3) is 9.66. The summed E-state index contributed by atoms with van der Waals surface area (Å²) >= 11 is 0. The monoisotopic (exact) mass is 734 g/mol. The molecule has 50 heavy (non-hydrogen) atoms. The smallest absolute Gasteiger partial charge is 0.432 e. The summed E-state index contributed by atoms with van der Waals surface area (Å²) in [5.74, 6) is -5.12. The van der Waals surface area contributed by atoms with Crippen molar-refractivity contribution in [2.24, 2.45) is 41.4 Å². The lowest BCUT2D eigenvalue weighted by Crippen LogP contribution is -2.40. The Kier molecular flexibility index (Phi) is 12.1. The SMILES string of the molecule is C=CC1CCC(C2CCC(C3CCC(C(F)(F)Oc4cc(F)c(C(F)(F)OC5CCC(C(F)(F)OC(F)(F)F)CC5)c(F)c4)CC3)CC2)CC1. The summed E-state index contributed by atoms with van der Waals surface area (Å²) in [6.07, 6.45) is -9.91. The molecule has 0 bridgehead atoms. The van der Waals surface area contributed by atoms with Gasteiger partial charge >= 0.3 is 24.7 Å². The topological polar surface area (TPSA) is 27.7 Å². The molecule has 5 rings (SSSR count). The van der Waals surface area contributed by atoms with Crippen LogP contribution in [0.1, 0.15) is 108 Å². The van der Waals surface area contributed by atoms with Crippen LogP contribution in [-0.4, -0.2) is 24.7 Å². The molecule has 14 heteroatoms. The van der Waals surface area contributed by atoms with Crippen LogP contribution in [0.5, 0.6) is 5.75 Å². The van der Waals surface area contributed by atoms with Gasteiger partial charge in [0.15, 0.2) is 0 Å². The normalized spacial score (nSPS) is 32.1. The average Bonchev–Trinajstić information content (AvgIpc) is 3.03. The summed E-state index contributed by atoms with van der Waals surface area (Å²) in [4.78, 5) is 0. The van der Waals surface area contributed by atoms with E-state index < -0.39 is 91.3 Å². The van der Waals surface area contributed by atoms with Crippen LogP contribution in [0.3, 0.4) is 0 Å². The zero-order chi connectivity index (χ0) is 36.5. The number of alkyl halides is 9. The van der Waals surface area contributed by atoms with Crippen molar-refractivity contribution in [2.45, 2.75) is 134 Å². The van der Waals surface area contributed by atoms with E-state index in [1.807, 2.05) is 0 Å². The molecule has 284 valence electrons. The third-order valence-corrected chi connectivity index (χ3v) is 11.8. The molecular weight excluding hydrogens is 689 g/mol. The maximum Gasteiger partial charge on any atom is 0.527 e. The minimum Gasteiger partial charge on any atom is -0.432 e. The number of hydrogen-bond acceptors (Lipinski definition) is 3. The number of allylic oxidation sites excluding steroid dienone is 1. The number of rotatable bonds is 11. The van der Waals surface area contributed by atoms with E-state index in [4.69, 9.17) is 4.74 Å². The maximum atomic E-state index is 15.2. The molecule has 0 saturated heterocycles.